The van der Waals surface area contributed by atoms with Gasteiger partial charge in [0.2, 0.25) is 5.91 Å². The van der Waals surface area contributed by atoms with Crippen LogP contribution in [0.25, 0.3) is 0 Å². The molecule has 1 heterocycles. The van der Waals surface area contributed by atoms with Crippen molar-refractivity contribution in [2.24, 2.45) is 5.92 Å². The van der Waals surface area contributed by atoms with Gasteiger partial charge in [0.15, 0.2) is 0 Å². The van der Waals surface area contributed by atoms with Crippen LogP contribution in [0, 0.1) is 5.92 Å². The lowest BCUT2D eigenvalue weighted by Crippen LogP contribution is -2.35. The molecule has 1 fully saturated rings. The lowest BCUT2D eigenvalue weighted by Gasteiger charge is -2.27. The Labute approximate surface area is 136 Å². The van der Waals surface area contributed by atoms with Gasteiger partial charge in [0.05, 0.1) is 6.04 Å². The standard InChI is InChI=1S/C16H23ClN2OS/c1-4-14-16(20)19(9-11(2)10-21-3)15(18-14)12-5-7-13(17)8-6-12/h5-8,11,14-15,18H,4,9-10H2,1-3H3. The van der Waals surface area contributed by atoms with Gasteiger partial charge in [-0.15, -0.1) is 0 Å². The van der Waals surface area contributed by atoms with E-state index in [0.717, 1.165) is 29.3 Å². The molecule has 0 aliphatic carbocycles. The van der Waals surface area contributed by atoms with Gasteiger partial charge in [-0.1, -0.05) is 37.6 Å². The van der Waals surface area contributed by atoms with E-state index in [2.05, 4.69) is 18.5 Å². The molecule has 0 spiro atoms. The summed E-state index contributed by atoms with van der Waals surface area (Å²) in [4.78, 5) is 14.5. The normalized spacial score (nSPS) is 23.6. The molecule has 2 rings (SSSR count). The maximum absolute atomic E-state index is 12.6. The second-order valence-electron chi connectivity index (χ2n) is 5.63. The van der Waals surface area contributed by atoms with Gasteiger partial charge in [0, 0.05) is 11.6 Å². The number of halogens is 1. The van der Waals surface area contributed by atoms with Crippen molar-refractivity contribution in [1.82, 2.24) is 10.2 Å². The predicted molar refractivity (Wildman–Crippen MR) is 90.7 cm³/mol. The molecule has 1 saturated heterocycles. The summed E-state index contributed by atoms with van der Waals surface area (Å²) < 4.78 is 0. The number of hydrogen-bond acceptors (Lipinski definition) is 3. The van der Waals surface area contributed by atoms with E-state index in [9.17, 15) is 4.79 Å². The van der Waals surface area contributed by atoms with Crippen LogP contribution < -0.4 is 5.32 Å². The first-order valence-corrected chi connectivity index (χ1v) is 9.15. The predicted octanol–water partition coefficient (Wildman–Crippen LogP) is 3.55. The van der Waals surface area contributed by atoms with Crippen LogP contribution in [-0.4, -0.2) is 35.4 Å². The SMILES string of the molecule is CCC1NC(c2ccc(Cl)cc2)N(CC(C)CSC)C1=O. The molecular formula is C16H23ClN2OS. The smallest absolute Gasteiger partial charge is 0.241 e. The van der Waals surface area contributed by atoms with Crippen LogP contribution in [0.15, 0.2) is 24.3 Å². The van der Waals surface area contributed by atoms with E-state index in [1.807, 2.05) is 47.9 Å². The van der Waals surface area contributed by atoms with Gasteiger partial charge < -0.3 is 4.90 Å². The molecule has 0 aromatic heterocycles. The highest BCUT2D eigenvalue weighted by Gasteiger charge is 2.38. The van der Waals surface area contributed by atoms with Crippen LogP contribution >= 0.6 is 23.4 Å². The number of benzene rings is 1. The topological polar surface area (TPSA) is 32.3 Å². The molecule has 0 bridgehead atoms. The van der Waals surface area contributed by atoms with Crippen molar-refractivity contribution in [2.45, 2.75) is 32.5 Å². The highest BCUT2D eigenvalue weighted by Crippen LogP contribution is 2.28. The Kier molecular flexibility index (Phi) is 5.97. The van der Waals surface area contributed by atoms with E-state index >= 15 is 0 Å². The summed E-state index contributed by atoms with van der Waals surface area (Å²) in [7, 11) is 0. The quantitative estimate of drug-likeness (QED) is 0.867. The molecule has 3 atom stereocenters. The first-order valence-electron chi connectivity index (χ1n) is 7.37. The number of carbonyl (C=O) groups is 1. The fourth-order valence-electron chi connectivity index (χ4n) is 2.76. The fourth-order valence-corrected chi connectivity index (χ4v) is 3.56. The van der Waals surface area contributed by atoms with Gasteiger partial charge in [0.1, 0.15) is 6.17 Å². The molecule has 3 unspecified atom stereocenters. The summed E-state index contributed by atoms with van der Waals surface area (Å²) in [5.41, 5.74) is 1.10. The summed E-state index contributed by atoms with van der Waals surface area (Å²) in [6.45, 7) is 5.03. The van der Waals surface area contributed by atoms with Crippen LogP contribution in [0.5, 0.6) is 0 Å². The van der Waals surface area contributed by atoms with Gasteiger partial charge in [-0.2, -0.15) is 11.8 Å². The van der Waals surface area contributed by atoms with Gasteiger partial charge in [0.25, 0.3) is 0 Å². The van der Waals surface area contributed by atoms with Crippen molar-refractivity contribution in [2.75, 3.05) is 18.6 Å². The lowest BCUT2D eigenvalue weighted by atomic mass is 10.1. The second-order valence-corrected chi connectivity index (χ2v) is 6.98. The minimum atomic E-state index is -0.0767. The molecule has 0 radical (unpaired) electrons. The van der Waals surface area contributed by atoms with Crippen LogP contribution in [0.2, 0.25) is 5.02 Å². The number of hydrogen-bond donors (Lipinski definition) is 1. The van der Waals surface area contributed by atoms with Gasteiger partial charge in [-0.3, -0.25) is 10.1 Å². The summed E-state index contributed by atoms with van der Waals surface area (Å²) in [6, 6.07) is 7.68. The molecular weight excluding hydrogens is 304 g/mol. The zero-order valence-corrected chi connectivity index (χ0v) is 14.4. The molecule has 1 aromatic carbocycles. The van der Waals surface area contributed by atoms with Crippen molar-refractivity contribution in [1.29, 1.82) is 0 Å². The van der Waals surface area contributed by atoms with Crippen molar-refractivity contribution in [3.05, 3.63) is 34.9 Å². The van der Waals surface area contributed by atoms with Gasteiger partial charge >= 0.3 is 0 Å². The number of nitrogens with one attached hydrogen (secondary N) is 1. The summed E-state index contributed by atoms with van der Waals surface area (Å²) in [5, 5.41) is 4.17. The van der Waals surface area contributed by atoms with Crippen LogP contribution in [0.1, 0.15) is 32.0 Å². The minimum Gasteiger partial charge on any atom is -0.321 e. The third kappa shape index (κ3) is 3.93. The number of rotatable bonds is 6. The maximum Gasteiger partial charge on any atom is 0.241 e. The third-order valence-electron chi connectivity index (χ3n) is 3.81. The van der Waals surface area contributed by atoms with E-state index in [-0.39, 0.29) is 18.1 Å². The highest BCUT2D eigenvalue weighted by atomic mass is 35.5. The second kappa shape index (κ2) is 7.52. The summed E-state index contributed by atoms with van der Waals surface area (Å²) in [6.07, 6.45) is 2.88. The molecule has 1 aliphatic heterocycles. The van der Waals surface area contributed by atoms with E-state index in [4.69, 9.17) is 11.6 Å². The van der Waals surface area contributed by atoms with Crippen LogP contribution in [0.4, 0.5) is 0 Å². The molecule has 5 heteroatoms. The fraction of sp³-hybridized carbons (Fsp3) is 0.562. The molecule has 1 amide bonds. The maximum atomic E-state index is 12.6. The molecule has 1 aliphatic rings. The average Bonchev–Trinajstić information content (AvgIpc) is 2.77. The third-order valence-corrected chi connectivity index (χ3v) is 4.96. The first kappa shape index (κ1) is 16.7. The molecule has 3 nitrogen and oxygen atoms in total. The lowest BCUT2D eigenvalue weighted by molar-refractivity contribution is -0.130. The van der Waals surface area contributed by atoms with Crippen molar-refractivity contribution in [3.8, 4) is 0 Å². The van der Waals surface area contributed by atoms with Gasteiger partial charge in [-0.05, 0) is 42.0 Å². The number of carbonyl (C=O) groups excluding carboxylic acids is 1. The van der Waals surface area contributed by atoms with Crippen LogP contribution in [-0.2, 0) is 4.79 Å². The Morgan fingerprint density at radius 1 is 1.38 bits per heavy atom. The Bertz CT molecular complexity index is 480. The summed E-state index contributed by atoms with van der Waals surface area (Å²) in [5.74, 6) is 1.76. The Morgan fingerprint density at radius 2 is 2.05 bits per heavy atom. The van der Waals surface area contributed by atoms with Crippen LogP contribution in [0.3, 0.4) is 0 Å². The monoisotopic (exact) mass is 326 g/mol. The van der Waals surface area contributed by atoms with Gasteiger partial charge in [-0.25, -0.2) is 0 Å². The highest BCUT2D eigenvalue weighted by molar-refractivity contribution is 7.98. The van der Waals surface area contributed by atoms with E-state index in [1.54, 1.807) is 0 Å². The molecule has 1 N–H and O–H groups in total. The van der Waals surface area contributed by atoms with E-state index in [0.29, 0.717) is 5.92 Å². The first-order chi connectivity index (χ1) is 10.1. The Balaban J connectivity index is 2.19. The number of nitrogens with zero attached hydrogens (tertiary/aromatic N) is 1. The van der Waals surface area contributed by atoms with Crippen molar-refractivity contribution < 1.29 is 4.79 Å². The largest absolute Gasteiger partial charge is 0.321 e. The number of thioether (sulfide) groups is 1. The molecule has 0 saturated carbocycles. The minimum absolute atomic E-state index is 0.0379. The molecule has 21 heavy (non-hydrogen) atoms. The molecule has 116 valence electrons. The van der Waals surface area contributed by atoms with Crippen molar-refractivity contribution >= 4 is 29.3 Å². The van der Waals surface area contributed by atoms with E-state index in [1.165, 1.54) is 0 Å². The zero-order valence-electron chi connectivity index (χ0n) is 12.8. The Hall–Kier alpha value is -0.710. The Morgan fingerprint density at radius 3 is 2.62 bits per heavy atom. The van der Waals surface area contributed by atoms with E-state index < -0.39 is 0 Å². The average molecular weight is 327 g/mol. The summed E-state index contributed by atoms with van der Waals surface area (Å²) >= 11 is 7.79. The van der Waals surface area contributed by atoms with Crippen molar-refractivity contribution in [3.63, 3.8) is 0 Å². The zero-order chi connectivity index (χ0) is 15.4. The molecule has 1 aromatic rings. The number of amides is 1.